The zero-order valence-corrected chi connectivity index (χ0v) is 15.6. The summed E-state index contributed by atoms with van der Waals surface area (Å²) >= 11 is 6.13. The highest BCUT2D eigenvalue weighted by Gasteiger charge is 2.25. The van der Waals surface area contributed by atoms with Crippen molar-refractivity contribution in [3.63, 3.8) is 0 Å². The minimum absolute atomic E-state index is 0.207. The van der Waals surface area contributed by atoms with E-state index in [0.29, 0.717) is 22.8 Å². The number of halogens is 1. The maximum absolute atomic E-state index is 12.5. The van der Waals surface area contributed by atoms with Gasteiger partial charge in [-0.15, -0.1) is 0 Å². The van der Waals surface area contributed by atoms with Gasteiger partial charge in [0.15, 0.2) is 0 Å². The number of amides is 3. The molecule has 0 radical (unpaired) electrons. The van der Waals surface area contributed by atoms with Gasteiger partial charge in [-0.2, -0.15) is 0 Å². The van der Waals surface area contributed by atoms with E-state index in [-0.39, 0.29) is 18.0 Å². The Balaban J connectivity index is 1.66. The fraction of sp³-hybridized carbons (Fsp3) is 0.300. The summed E-state index contributed by atoms with van der Waals surface area (Å²) in [6.45, 7) is 2.52. The van der Waals surface area contributed by atoms with Crippen LogP contribution >= 0.6 is 11.6 Å². The summed E-state index contributed by atoms with van der Waals surface area (Å²) in [4.78, 5) is 26.3. The molecule has 0 heterocycles. The molecule has 0 saturated heterocycles. The zero-order chi connectivity index (χ0) is 18.7. The third-order valence-electron chi connectivity index (χ3n) is 4.39. The Morgan fingerprint density at radius 1 is 1.19 bits per heavy atom. The summed E-state index contributed by atoms with van der Waals surface area (Å²) < 4.78 is 0. The van der Waals surface area contributed by atoms with E-state index in [4.69, 9.17) is 11.6 Å². The summed E-state index contributed by atoms with van der Waals surface area (Å²) in [6, 6.07) is 12.9. The second-order valence-electron chi connectivity index (χ2n) is 6.66. The molecule has 1 aliphatic carbocycles. The number of hydrogen-bond acceptors (Lipinski definition) is 2. The van der Waals surface area contributed by atoms with Gasteiger partial charge in [-0.1, -0.05) is 35.9 Å². The molecule has 2 N–H and O–H groups in total. The van der Waals surface area contributed by atoms with Crippen LogP contribution in [-0.4, -0.2) is 29.9 Å². The molecule has 136 valence electrons. The molecule has 3 amide bonds. The van der Waals surface area contributed by atoms with Gasteiger partial charge in [0, 0.05) is 25.3 Å². The molecule has 26 heavy (non-hydrogen) atoms. The van der Waals surface area contributed by atoms with Crippen LogP contribution in [0.5, 0.6) is 0 Å². The number of carbonyl (C=O) groups excluding carboxylic acids is 2. The normalized spacial score (nSPS) is 13.2. The Hall–Kier alpha value is -2.53. The Labute approximate surface area is 158 Å². The predicted molar refractivity (Wildman–Crippen MR) is 104 cm³/mol. The first-order valence-corrected chi connectivity index (χ1v) is 8.99. The average molecular weight is 372 g/mol. The zero-order valence-electron chi connectivity index (χ0n) is 14.9. The summed E-state index contributed by atoms with van der Waals surface area (Å²) in [5.41, 5.74) is 3.14. The van der Waals surface area contributed by atoms with E-state index in [0.717, 1.165) is 24.0 Å². The summed E-state index contributed by atoms with van der Waals surface area (Å²) in [6.07, 6.45) is 2.01. The first-order valence-electron chi connectivity index (χ1n) is 8.61. The standard InChI is InChI=1S/C20H22ClN3O2/c1-13-5-3-4-6-14(13)12-24(2)20(26)23-16-9-10-18(21)17(11-16)19(25)22-15-7-8-15/h3-6,9-11,15H,7-8,12H2,1-2H3,(H,22,25)(H,23,26). The lowest BCUT2D eigenvalue weighted by Gasteiger charge is -2.19. The predicted octanol–water partition coefficient (Wildman–Crippen LogP) is 4.20. The maximum Gasteiger partial charge on any atom is 0.321 e. The molecular formula is C20H22ClN3O2. The Morgan fingerprint density at radius 2 is 1.92 bits per heavy atom. The van der Waals surface area contributed by atoms with E-state index in [2.05, 4.69) is 10.6 Å². The number of nitrogens with zero attached hydrogens (tertiary/aromatic N) is 1. The molecule has 1 aliphatic rings. The number of benzene rings is 2. The molecule has 0 bridgehead atoms. The van der Waals surface area contributed by atoms with Crippen LogP contribution in [0.1, 0.15) is 34.3 Å². The number of hydrogen-bond donors (Lipinski definition) is 2. The number of anilines is 1. The average Bonchev–Trinajstić information content (AvgIpc) is 3.42. The maximum atomic E-state index is 12.5. The molecule has 1 saturated carbocycles. The van der Waals surface area contributed by atoms with Crippen molar-refractivity contribution in [3.8, 4) is 0 Å². The van der Waals surface area contributed by atoms with Crippen LogP contribution < -0.4 is 10.6 Å². The Kier molecular flexibility index (Phi) is 5.47. The fourth-order valence-corrected chi connectivity index (χ4v) is 2.80. The van der Waals surface area contributed by atoms with E-state index in [9.17, 15) is 9.59 Å². The van der Waals surface area contributed by atoms with E-state index in [1.807, 2.05) is 31.2 Å². The summed E-state index contributed by atoms with van der Waals surface area (Å²) in [5, 5.41) is 6.10. The van der Waals surface area contributed by atoms with Crippen molar-refractivity contribution in [1.29, 1.82) is 0 Å². The van der Waals surface area contributed by atoms with Crippen LogP contribution in [-0.2, 0) is 6.54 Å². The number of rotatable bonds is 5. The van der Waals surface area contributed by atoms with E-state index in [1.165, 1.54) is 0 Å². The lowest BCUT2D eigenvalue weighted by atomic mass is 10.1. The molecule has 2 aromatic rings. The topological polar surface area (TPSA) is 61.4 Å². The van der Waals surface area contributed by atoms with Crippen LogP contribution in [0.15, 0.2) is 42.5 Å². The van der Waals surface area contributed by atoms with Crippen molar-refractivity contribution in [1.82, 2.24) is 10.2 Å². The van der Waals surface area contributed by atoms with Crippen LogP contribution in [0.25, 0.3) is 0 Å². The molecule has 0 aromatic heterocycles. The van der Waals surface area contributed by atoms with Gasteiger partial charge < -0.3 is 15.5 Å². The molecule has 0 atom stereocenters. The molecule has 5 nitrogen and oxygen atoms in total. The van der Waals surface area contributed by atoms with E-state index < -0.39 is 0 Å². The first-order chi connectivity index (χ1) is 12.4. The van der Waals surface area contributed by atoms with Gasteiger partial charge in [0.1, 0.15) is 0 Å². The number of carbonyl (C=O) groups is 2. The van der Waals surface area contributed by atoms with Gasteiger partial charge in [0.25, 0.3) is 5.91 Å². The minimum Gasteiger partial charge on any atom is -0.349 e. The van der Waals surface area contributed by atoms with Gasteiger partial charge in [-0.05, 0) is 49.1 Å². The van der Waals surface area contributed by atoms with Crippen molar-refractivity contribution in [2.45, 2.75) is 32.4 Å². The number of aryl methyl sites for hydroxylation is 1. The summed E-state index contributed by atoms with van der Waals surface area (Å²) in [5.74, 6) is -0.207. The molecule has 2 aromatic carbocycles. The van der Waals surface area contributed by atoms with Crippen LogP contribution in [0.2, 0.25) is 5.02 Å². The van der Waals surface area contributed by atoms with Gasteiger partial charge in [-0.25, -0.2) is 4.79 Å². The monoisotopic (exact) mass is 371 g/mol. The Bertz CT molecular complexity index is 834. The largest absolute Gasteiger partial charge is 0.349 e. The van der Waals surface area contributed by atoms with E-state index in [1.54, 1.807) is 30.1 Å². The van der Waals surface area contributed by atoms with Crippen molar-refractivity contribution >= 4 is 29.2 Å². The van der Waals surface area contributed by atoms with Crippen molar-refractivity contribution in [2.75, 3.05) is 12.4 Å². The third kappa shape index (κ3) is 4.55. The second-order valence-corrected chi connectivity index (χ2v) is 7.06. The van der Waals surface area contributed by atoms with Crippen LogP contribution in [0, 0.1) is 6.92 Å². The van der Waals surface area contributed by atoms with Gasteiger partial charge in [0.2, 0.25) is 0 Å². The summed E-state index contributed by atoms with van der Waals surface area (Å²) in [7, 11) is 1.73. The molecule has 1 fully saturated rings. The third-order valence-corrected chi connectivity index (χ3v) is 4.72. The number of nitrogens with one attached hydrogen (secondary N) is 2. The lowest BCUT2D eigenvalue weighted by molar-refractivity contribution is 0.0951. The van der Waals surface area contributed by atoms with Gasteiger partial charge in [0.05, 0.1) is 10.6 Å². The van der Waals surface area contributed by atoms with Gasteiger partial charge in [-0.3, -0.25) is 4.79 Å². The number of urea groups is 1. The molecule has 0 unspecified atom stereocenters. The quantitative estimate of drug-likeness (QED) is 0.827. The smallest absolute Gasteiger partial charge is 0.321 e. The first kappa shape index (κ1) is 18.3. The molecule has 6 heteroatoms. The van der Waals surface area contributed by atoms with Gasteiger partial charge >= 0.3 is 6.03 Å². The SMILES string of the molecule is Cc1ccccc1CN(C)C(=O)Nc1ccc(Cl)c(C(=O)NC2CC2)c1. The van der Waals surface area contributed by atoms with Crippen molar-refractivity contribution in [3.05, 3.63) is 64.2 Å². The van der Waals surface area contributed by atoms with Crippen molar-refractivity contribution < 1.29 is 9.59 Å². The highest BCUT2D eigenvalue weighted by atomic mass is 35.5. The molecular weight excluding hydrogens is 350 g/mol. The molecule has 3 rings (SSSR count). The van der Waals surface area contributed by atoms with Crippen LogP contribution in [0.4, 0.5) is 10.5 Å². The minimum atomic E-state index is -0.246. The second kappa shape index (κ2) is 7.79. The molecule has 0 aliphatic heterocycles. The fourth-order valence-electron chi connectivity index (χ4n) is 2.60. The highest BCUT2D eigenvalue weighted by molar-refractivity contribution is 6.34. The van der Waals surface area contributed by atoms with E-state index >= 15 is 0 Å². The Morgan fingerprint density at radius 3 is 2.62 bits per heavy atom. The molecule has 0 spiro atoms. The van der Waals surface area contributed by atoms with Crippen molar-refractivity contribution in [2.24, 2.45) is 0 Å². The highest BCUT2D eigenvalue weighted by Crippen LogP contribution is 2.24. The lowest BCUT2D eigenvalue weighted by Crippen LogP contribution is -2.31. The van der Waals surface area contributed by atoms with Crippen LogP contribution in [0.3, 0.4) is 0 Å².